The number of fused-ring (bicyclic) bond motifs is 5. The number of carbonyl (C=O) groups excluding carboxylic acids is 3. The highest BCUT2D eigenvalue weighted by Gasteiger charge is 2.67. The van der Waals surface area contributed by atoms with Gasteiger partial charge in [-0.15, -0.1) is 0 Å². The third-order valence-electron chi connectivity index (χ3n) is 9.62. The van der Waals surface area contributed by atoms with Gasteiger partial charge < -0.3 is 25.2 Å². The predicted octanol–water partition coefficient (Wildman–Crippen LogP) is 2.87. The van der Waals surface area contributed by atoms with Crippen molar-refractivity contribution in [2.45, 2.75) is 64.6 Å². The molecule has 4 aliphatic carbocycles. The largest absolute Gasteiger partial charge is 0.478 e. The molecule has 0 aromatic heterocycles. The maximum Gasteiger partial charge on any atom is 0.339 e. The molecule has 0 unspecified atom stereocenters. The second-order valence-corrected chi connectivity index (χ2v) is 11.6. The first kappa shape index (κ1) is 28.9. The third kappa shape index (κ3) is 4.77. The highest BCUT2D eigenvalue weighted by atomic mass is 16.5. The van der Waals surface area contributed by atoms with E-state index in [1.807, 2.05) is 13.0 Å². The number of esters is 1. The molecule has 0 saturated heterocycles. The summed E-state index contributed by atoms with van der Waals surface area (Å²) in [7, 11) is 0. The Bertz CT molecular complexity index is 1250. The van der Waals surface area contributed by atoms with Crippen LogP contribution in [0.4, 0.5) is 0 Å². The number of carboxylic acids is 1. The Kier molecular flexibility index (Phi) is 7.73. The van der Waals surface area contributed by atoms with Crippen molar-refractivity contribution in [1.29, 1.82) is 0 Å². The number of ether oxygens (including phenoxy) is 1. The van der Waals surface area contributed by atoms with Crippen molar-refractivity contribution in [1.82, 2.24) is 0 Å². The number of allylic oxidation sites excluding steroid dienone is 4. The molecule has 0 aliphatic heterocycles. The van der Waals surface area contributed by atoms with Gasteiger partial charge in [0.2, 0.25) is 0 Å². The number of para-hydroxylation sites is 1. The first-order chi connectivity index (χ1) is 18.3. The van der Waals surface area contributed by atoms with Crippen LogP contribution in [0.3, 0.4) is 0 Å². The number of hydrogen-bond acceptors (Lipinski definition) is 8. The van der Waals surface area contributed by atoms with Crippen molar-refractivity contribution < 1.29 is 44.3 Å². The molecule has 7 atom stereocenters. The molecule has 210 valence electrons. The van der Waals surface area contributed by atoms with Crippen molar-refractivity contribution >= 4 is 23.5 Å². The zero-order valence-corrected chi connectivity index (χ0v) is 22.4. The molecule has 5 rings (SSSR count). The van der Waals surface area contributed by atoms with Gasteiger partial charge >= 0.3 is 11.9 Å². The smallest absolute Gasteiger partial charge is 0.339 e. The molecule has 1 aromatic rings. The summed E-state index contributed by atoms with van der Waals surface area (Å²) in [5.74, 6) is -1.80. The van der Waals surface area contributed by atoms with Crippen molar-refractivity contribution in [3.05, 3.63) is 53.6 Å². The van der Waals surface area contributed by atoms with Crippen LogP contribution in [0.2, 0.25) is 0 Å². The quantitative estimate of drug-likeness (QED) is 0.333. The molecule has 4 aliphatic rings. The van der Waals surface area contributed by atoms with Gasteiger partial charge in [-0.2, -0.15) is 0 Å². The Morgan fingerprint density at radius 1 is 1.13 bits per heavy atom. The van der Waals surface area contributed by atoms with Gasteiger partial charge in [0, 0.05) is 23.7 Å². The molecule has 9 heteroatoms. The van der Waals surface area contributed by atoms with Gasteiger partial charge in [-0.3, -0.25) is 14.4 Å². The van der Waals surface area contributed by atoms with Crippen molar-refractivity contribution in [3.63, 3.8) is 0 Å². The van der Waals surface area contributed by atoms with Crippen LogP contribution in [0.5, 0.6) is 5.75 Å². The monoisotopic (exact) mass is 540 g/mol. The molecule has 39 heavy (non-hydrogen) atoms. The topological polar surface area (TPSA) is 158 Å². The maximum absolute atomic E-state index is 12.4. The standard InChI is InChI=1S/C21H28O5.C9H8O4/c1-19-7-5-13(23)9-12(19)3-4-14-15-6-8-21(26,17(25)11-22)20(15,2)10-16(24)18(14)19;1-6(10)13-8-5-3-2-4-7(8)9(11)12/h5,7,9,14-16,18,22,24,26H,3-4,6,8,10-11H2,1-2H3;2-5H,1H3,(H,11,12)/t14-,15-,16-,18+,19-,20-,21-;/m0./s1. The van der Waals surface area contributed by atoms with Gasteiger partial charge in [-0.25, -0.2) is 4.79 Å². The highest BCUT2D eigenvalue weighted by Crippen LogP contribution is 2.67. The number of hydrogen-bond donors (Lipinski definition) is 4. The summed E-state index contributed by atoms with van der Waals surface area (Å²) in [6.07, 6.45) is 7.68. The van der Waals surface area contributed by atoms with Crippen molar-refractivity contribution in [2.24, 2.45) is 28.6 Å². The van der Waals surface area contributed by atoms with E-state index in [0.29, 0.717) is 12.8 Å². The van der Waals surface area contributed by atoms with Crippen LogP contribution < -0.4 is 4.74 Å². The van der Waals surface area contributed by atoms with Gasteiger partial charge in [-0.1, -0.05) is 37.6 Å². The molecule has 0 spiro atoms. The van der Waals surface area contributed by atoms with E-state index in [4.69, 9.17) is 5.11 Å². The number of ketones is 2. The number of Topliss-reactive ketones (excluding diaryl/α,β-unsaturated/α-hetero) is 1. The molecule has 0 bridgehead atoms. The molecule has 3 fully saturated rings. The highest BCUT2D eigenvalue weighted by molar-refractivity contribution is 6.01. The second-order valence-electron chi connectivity index (χ2n) is 11.6. The van der Waals surface area contributed by atoms with Gasteiger partial charge in [0.25, 0.3) is 0 Å². The minimum Gasteiger partial charge on any atom is -0.478 e. The number of rotatable bonds is 4. The number of aliphatic hydroxyl groups excluding tert-OH is 2. The fourth-order valence-corrected chi connectivity index (χ4v) is 7.81. The Morgan fingerprint density at radius 2 is 1.82 bits per heavy atom. The number of aromatic carboxylic acids is 1. The summed E-state index contributed by atoms with van der Waals surface area (Å²) in [6.45, 7) is 4.56. The van der Waals surface area contributed by atoms with Gasteiger partial charge in [0.05, 0.1) is 6.10 Å². The Hall–Kier alpha value is -3.14. The molecule has 0 heterocycles. The number of aliphatic hydroxyl groups is 3. The van der Waals surface area contributed by atoms with Crippen molar-refractivity contribution in [3.8, 4) is 5.75 Å². The molecule has 4 N–H and O–H groups in total. The molecule has 0 amide bonds. The van der Waals surface area contributed by atoms with Crippen molar-refractivity contribution in [2.75, 3.05) is 6.61 Å². The first-order valence-corrected chi connectivity index (χ1v) is 13.3. The maximum atomic E-state index is 12.4. The summed E-state index contributed by atoms with van der Waals surface area (Å²) in [6, 6.07) is 5.98. The lowest BCUT2D eigenvalue weighted by Crippen LogP contribution is -2.61. The molecule has 0 radical (unpaired) electrons. The summed E-state index contributed by atoms with van der Waals surface area (Å²) >= 11 is 0. The van der Waals surface area contributed by atoms with E-state index in [9.17, 15) is 34.5 Å². The second kappa shape index (κ2) is 10.4. The first-order valence-electron chi connectivity index (χ1n) is 13.3. The summed E-state index contributed by atoms with van der Waals surface area (Å²) < 4.78 is 4.69. The molecular weight excluding hydrogens is 504 g/mol. The third-order valence-corrected chi connectivity index (χ3v) is 9.62. The average Bonchev–Trinajstić information content (AvgIpc) is 3.15. The zero-order chi connectivity index (χ0) is 28.8. The van der Waals surface area contributed by atoms with Crippen LogP contribution in [0.1, 0.15) is 63.2 Å². The lowest BCUT2D eigenvalue weighted by Gasteiger charge is -2.59. The van der Waals surface area contributed by atoms with Crippen LogP contribution in [-0.4, -0.2) is 62.2 Å². The minimum absolute atomic E-state index is 0.00912. The van der Waals surface area contributed by atoms with Crippen LogP contribution in [0.25, 0.3) is 0 Å². The van der Waals surface area contributed by atoms with E-state index in [-0.39, 0.29) is 40.3 Å². The van der Waals surface area contributed by atoms with Gasteiger partial charge in [0.15, 0.2) is 11.6 Å². The fourth-order valence-electron chi connectivity index (χ4n) is 7.81. The van der Waals surface area contributed by atoms with E-state index in [1.165, 1.54) is 19.1 Å². The lowest BCUT2D eigenvalue weighted by molar-refractivity contribution is -0.178. The SMILES string of the molecule is CC(=O)Oc1ccccc1C(=O)O.C[C@]12C=CC(=O)C=C1CC[C@@H]1[C@@H]2[C@@H](O)C[C@@]2(C)[C@H]1CC[C@]2(O)C(=O)CO. The summed E-state index contributed by atoms with van der Waals surface area (Å²) in [4.78, 5) is 45.3. The Labute approximate surface area is 227 Å². The zero-order valence-electron chi connectivity index (χ0n) is 22.4. The van der Waals surface area contributed by atoms with E-state index in [2.05, 4.69) is 11.7 Å². The van der Waals surface area contributed by atoms with E-state index in [0.717, 1.165) is 24.8 Å². The lowest BCUT2D eigenvalue weighted by atomic mass is 9.46. The average molecular weight is 541 g/mol. The minimum atomic E-state index is -1.56. The molecule has 9 nitrogen and oxygen atoms in total. The van der Waals surface area contributed by atoms with E-state index in [1.54, 1.807) is 24.3 Å². The van der Waals surface area contributed by atoms with Gasteiger partial charge in [0.1, 0.15) is 23.5 Å². The van der Waals surface area contributed by atoms with Crippen LogP contribution in [0.15, 0.2) is 48.1 Å². The molecule has 3 saturated carbocycles. The summed E-state index contributed by atoms with van der Waals surface area (Å²) in [5.41, 5.74) is -1.56. The van der Waals surface area contributed by atoms with E-state index < -0.39 is 41.4 Å². The fraction of sp³-hybridized carbons (Fsp3) is 0.533. The van der Waals surface area contributed by atoms with Crippen LogP contribution in [0, 0.1) is 28.6 Å². The van der Waals surface area contributed by atoms with Crippen LogP contribution in [-0.2, 0) is 14.4 Å². The number of carboxylic acid groups (broad SMARTS) is 1. The van der Waals surface area contributed by atoms with E-state index >= 15 is 0 Å². The Balaban J connectivity index is 0.000000229. The molecular formula is C30H36O9. The van der Waals surface area contributed by atoms with Gasteiger partial charge in [-0.05, 0) is 68.2 Å². The number of carbonyl (C=O) groups is 4. The summed E-state index contributed by atoms with van der Waals surface area (Å²) in [5, 5.41) is 40.4. The predicted molar refractivity (Wildman–Crippen MR) is 140 cm³/mol. The number of benzene rings is 1. The van der Waals surface area contributed by atoms with Crippen LogP contribution >= 0.6 is 0 Å². The molecule has 1 aromatic carbocycles. The normalized spacial score (nSPS) is 36.4. The Morgan fingerprint density at radius 3 is 2.46 bits per heavy atom.